The lowest BCUT2D eigenvalue weighted by Gasteiger charge is -2.26. The predicted molar refractivity (Wildman–Crippen MR) is 90.5 cm³/mol. The number of nitrogens with zero attached hydrogens (tertiary/aromatic N) is 3. The van der Waals surface area contributed by atoms with E-state index in [-0.39, 0.29) is 22.2 Å². The third kappa shape index (κ3) is 3.42. The molecule has 2 aliphatic heterocycles. The Morgan fingerprint density at radius 3 is 2.77 bits per heavy atom. The van der Waals surface area contributed by atoms with Crippen molar-refractivity contribution < 1.29 is 23.5 Å². The minimum atomic E-state index is -2.70. The summed E-state index contributed by atoms with van der Waals surface area (Å²) in [5.74, 6) is 0. The van der Waals surface area contributed by atoms with Gasteiger partial charge in [0.25, 0.3) is 6.43 Å². The van der Waals surface area contributed by atoms with Crippen molar-refractivity contribution in [1.29, 1.82) is 0 Å². The number of halogens is 2. The summed E-state index contributed by atoms with van der Waals surface area (Å²) in [5, 5.41) is 12.4. The molecule has 0 spiro atoms. The van der Waals surface area contributed by atoms with Crippen LogP contribution >= 0.6 is 11.8 Å². The van der Waals surface area contributed by atoms with Crippen LogP contribution in [0.1, 0.15) is 18.5 Å². The Kier molecular flexibility index (Phi) is 4.84. The molecule has 3 heterocycles. The van der Waals surface area contributed by atoms with E-state index in [1.54, 1.807) is 0 Å². The summed E-state index contributed by atoms with van der Waals surface area (Å²) in [5.41, 5.74) is 1.23. The Hall–Kier alpha value is -2.10. The van der Waals surface area contributed by atoms with Crippen molar-refractivity contribution in [3.8, 4) is 11.3 Å². The molecule has 2 bridgehead atoms. The first kappa shape index (κ1) is 17.3. The summed E-state index contributed by atoms with van der Waals surface area (Å²) in [6.45, 7) is 0.349. The van der Waals surface area contributed by atoms with Crippen LogP contribution in [0, 0.1) is 0 Å². The third-order valence-corrected chi connectivity index (χ3v) is 5.38. The van der Waals surface area contributed by atoms with Crippen molar-refractivity contribution in [2.45, 2.75) is 35.6 Å². The molecule has 1 N–H and O–H groups in total. The number of rotatable bonds is 4. The van der Waals surface area contributed by atoms with Gasteiger partial charge < -0.3 is 14.7 Å². The quantitative estimate of drug-likeness (QED) is 0.498. The van der Waals surface area contributed by atoms with Gasteiger partial charge in [-0.05, 0) is 6.07 Å². The van der Waals surface area contributed by atoms with Crippen LogP contribution in [0.15, 0.2) is 46.7 Å². The first-order chi connectivity index (χ1) is 12.6. The zero-order valence-corrected chi connectivity index (χ0v) is 14.3. The minimum absolute atomic E-state index is 0.184. The molecule has 6 nitrogen and oxygen atoms in total. The van der Waals surface area contributed by atoms with E-state index in [0.717, 1.165) is 5.56 Å². The number of aromatic nitrogens is 2. The summed E-state index contributed by atoms with van der Waals surface area (Å²) < 4.78 is 37.6. The molecule has 3 unspecified atom stereocenters. The molecule has 2 saturated heterocycles. The second kappa shape index (κ2) is 7.26. The van der Waals surface area contributed by atoms with E-state index < -0.39 is 12.7 Å². The fraction of sp³-hybridized carbons (Fsp3) is 0.353. The molecular weight excluding hydrogens is 364 g/mol. The van der Waals surface area contributed by atoms with Gasteiger partial charge in [-0.2, -0.15) is 0 Å². The van der Waals surface area contributed by atoms with Crippen LogP contribution in [0.5, 0.6) is 0 Å². The summed E-state index contributed by atoms with van der Waals surface area (Å²) in [7, 11) is 0. The molecule has 0 radical (unpaired) electrons. The molecule has 26 heavy (non-hydrogen) atoms. The number of oxime groups is 1. The van der Waals surface area contributed by atoms with Gasteiger partial charge in [-0.3, -0.25) is 0 Å². The zero-order valence-electron chi connectivity index (χ0n) is 13.5. The number of thioether (sulfide) groups is 1. The number of fused-ring (bicyclic) bond motifs is 2. The largest absolute Gasteiger partial charge is 0.411 e. The first-order valence-corrected chi connectivity index (χ1v) is 8.89. The monoisotopic (exact) mass is 379 g/mol. The highest BCUT2D eigenvalue weighted by Crippen LogP contribution is 2.37. The summed E-state index contributed by atoms with van der Waals surface area (Å²) in [6.07, 6.45) is -3.14. The maximum Gasteiger partial charge on any atom is 0.280 e. The SMILES string of the molecule is O/N=C1/CC(Sc2nc(-c3ccccc3)cc(C(F)F)n2)C2COC1O2. The van der Waals surface area contributed by atoms with Crippen LogP contribution in [0.2, 0.25) is 0 Å². The van der Waals surface area contributed by atoms with Crippen LogP contribution in [0.25, 0.3) is 11.3 Å². The molecule has 2 fully saturated rings. The fourth-order valence-corrected chi connectivity index (χ4v) is 4.06. The zero-order chi connectivity index (χ0) is 18.1. The third-order valence-electron chi connectivity index (χ3n) is 4.21. The summed E-state index contributed by atoms with van der Waals surface area (Å²) >= 11 is 1.23. The van der Waals surface area contributed by atoms with Gasteiger partial charge >= 0.3 is 0 Å². The topological polar surface area (TPSA) is 76.8 Å². The number of benzene rings is 1. The lowest BCUT2D eigenvalue weighted by molar-refractivity contribution is -0.0169. The highest BCUT2D eigenvalue weighted by atomic mass is 32.2. The van der Waals surface area contributed by atoms with Gasteiger partial charge in [-0.25, -0.2) is 18.7 Å². The predicted octanol–water partition coefficient (Wildman–Crippen LogP) is 3.52. The molecule has 1 aromatic carbocycles. The van der Waals surface area contributed by atoms with Crippen molar-refractivity contribution >= 4 is 17.5 Å². The Labute approximate surface area is 152 Å². The minimum Gasteiger partial charge on any atom is -0.411 e. The van der Waals surface area contributed by atoms with Crippen molar-refractivity contribution in [3.63, 3.8) is 0 Å². The summed E-state index contributed by atoms with van der Waals surface area (Å²) in [4.78, 5) is 8.42. The molecule has 2 aliphatic rings. The Bertz CT molecular complexity index is 822. The Morgan fingerprint density at radius 2 is 2.04 bits per heavy atom. The molecule has 136 valence electrons. The van der Waals surface area contributed by atoms with Gasteiger partial charge in [0.05, 0.1) is 18.4 Å². The number of ether oxygens (including phenoxy) is 2. The molecule has 2 aromatic rings. The summed E-state index contributed by atoms with van der Waals surface area (Å²) in [6, 6.07) is 10.4. The van der Waals surface area contributed by atoms with Crippen LogP contribution in [0.4, 0.5) is 8.78 Å². The maximum absolute atomic E-state index is 13.3. The van der Waals surface area contributed by atoms with Gasteiger partial charge in [0.15, 0.2) is 5.16 Å². The van der Waals surface area contributed by atoms with Crippen molar-refractivity contribution in [3.05, 3.63) is 42.1 Å². The number of hydrogen-bond acceptors (Lipinski definition) is 7. The Morgan fingerprint density at radius 1 is 1.23 bits per heavy atom. The molecule has 0 saturated carbocycles. The average molecular weight is 379 g/mol. The molecule has 0 amide bonds. The molecule has 4 rings (SSSR count). The fourth-order valence-electron chi connectivity index (χ4n) is 2.93. The van der Waals surface area contributed by atoms with E-state index in [1.165, 1.54) is 17.8 Å². The van der Waals surface area contributed by atoms with E-state index in [9.17, 15) is 8.78 Å². The standard InChI is InChI=1S/C17H15F2N3O3S/c18-15(19)11-6-10(9-4-2-1-3-5-9)20-17(21-11)26-14-7-12(22-23)16-24-8-13(14)25-16/h1-6,13-16,23H,7-8H2/b22-12-. The van der Waals surface area contributed by atoms with E-state index >= 15 is 0 Å². The van der Waals surface area contributed by atoms with Gasteiger partial charge in [-0.15, -0.1) is 0 Å². The van der Waals surface area contributed by atoms with Crippen LogP contribution in [-0.2, 0) is 9.47 Å². The number of alkyl halides is 2. The second-order valence-electron chi connectivity index (χ2n) is 5.92. The van der Waals surface area contributed by atoms with E-state index in [2.05, 4.69) is 15.1 Å². The smallest absolute Gasteiger partial charge is 0.280 e. The van der Waals surface area contributed by atoms with Gasteiger partial charge in [0, 0.05) is 17.2 Å². The Balaban J connectivity index is 1.64. The van der Waals surface area contributed by atoms with Crippen molar-refractivity contribution in [2.24, 2.45) is 5.16 Å². The first-order valence-electron chi connectivity index (χ1n) is 8.01. The molecule has 9 heteroatoms. The van der Waals surface area contributed by atoms with E-state index in [1.807, 2.05) is 30.3 Å². The van der Waals surface area contributed by atoms with E-state index in [4.69, 9.17) is 14.7 Å². The second-order valence-corrected chi connectivity index (χ2v) is 7.13. The van der Waals surface area contributed by atoms with Gasteiger partial charge in [0.2, 0.25) is 6.29 Å². The van der Waals surface area contributed by atoms with Crippen molar-refractivity contribution in [2.75, 3.05) is 6.61 Å². The highest BCUT2D eigenvalue weighted by molar-refractivity contribution is 7.99. The van der Waals surface area contributed by atoms with E-state index in [0.29, 0.717) is 24.4 Å². The van der Waals surface area contributed by atoms with Gasteiger partial charge in [-0.1, -0.05) is 47.2 Å². The molecule has 0 aliphatic carbocycles. The molecule has 3 atom stereocenters. The van der Waals surface area contributed by atoms with Crippen LogP contribution in [0.3, 0.4) is 0 Å². The highest BCUT2D eigenvalue weighted by Gasteiger charge is 2.43. The lowest BCUT2D eigenvalue weighted by Crippen LogP contribution is -2.37. The average Bonchev–Trinajstić information content (AvgIpc) is 3.09. The van der Waals surface area contributed by atoms with Crippen molar-refractivity contribution in [1.82, 2.24) is 9.97 Å². The lowest BCUT2D eigenvalue weighted by atomic mass is 10.1. The van der Waals surface area contributed by atoms with Gasteiger partial charge in [0.1, 0.15) is 11.4 Å². The normalized spacial score (nSPS) is 26.6. The maximum atomic E-state index is 13.3. The number of hydrogen-bond donors (Lipinski definition) is 1. The molecule has 1 aromatic heterocycles. The molecular formula is C17H15F2N3O3S. The van der Waals surface area contributed by atoms with Crippen LogP contribution in [-0.4, -0.2) is 45.1 Å². The van der Waals surface area contributed by atoms with Crippen LogP contribution < -0.4 is 0 Å².